The lowest BCUT2D eigenvalue weighted by atomic mass is 9.80. The zero-order valence-corrected chi connectivity index (χ0v) is 15.9. The maximum Gasteiger partial charge on any atom is 0.133 e. The van der Waals surface area contributed by atoms with Crippen molar-refractivity contribution in [2.24, 2.45) is 5.41 Å². The topological polar surface area (TPSA) is 34.1 Å². The summed E-state index contributed by atoms with van der Waals surface area (Å²) in [5.74, 6) is 0. The molecule has 2 heteroatoms. The predicted octanol–water partition coefficient (Wildman–Crippen LogP) is 6.80. The molecular formula is C22H40O2. The largest absolute Gasteiger partial charge is 0.302 e. The summed E-state index contributed by atoms with van der Waals surface area (Å²) in [5.41, 5.74) is -0.642. The summed E-state index contributed by atoms with van der Waals surface area (Å²) in [4.78, 5) is 21.9. The molecule has 2 fully saturated rings. The predicted molar refractivity (Wildman–Crippen MR) is 102 cm³/mol. The SMILES string of the molecule is C1CCCCCCCCC1.O=CC1(C=O)CCCCCCCCC1. The maximum atomic E-state index is 10.9. The normalized spacial score (nSPS) is 23.8. The smallest absolute Gasteiger partial charge is 0.133 e. The van der Waals surface area contributed by atoms with E-state index in [0.29, 0.717) is 0 Å². The van der Waals surface area contributed by atoms with Crippen molar-refractivity contribution in [1.29, 1.82) is 0 Å². The van der Waals surface area contributed by atoms with E-state index >= 15 is 0 Å². The van der Waals surface area contributed by atoms with Gasteiger partial charge in [0.1, 0.15) is 12.6 Å². The highest BCUT2D eigenvalue weighted by molar-refractivity contribution is 5.83. The van der Waals surface area contributed by atoms with Crippen LogP contribution in [-0.2, 0) is 9.59 Å². The molecule has 0 heterocycles. The minimum Gasteiger partial charge on any atom is -0.302 e. The Balaban J connectivity index is 0.000000254. The van der Waals surface area contributed by atoms with Crippen molar-refractivity contribution < 1.29 is 9.59 Å². The van der Waals surface area contributed by atoms with Crippen LogP contribution < -0.4 is 0 Å². The third-order valence-electron chi connectivity index (χ3n) is 5.75. The lowest BCUT2D eigenvalue weighted by Gasteiger charge is -2.22. The van der Waals surface area contributed by atoms with Crippen LogP contribution in [0.2, 0.25) is 0 Å². The highest BCUT2D eigenvalue weighted by atomic mass is 16.1. The summed E-state index contributed by atoms with van der Waals surface area (Å²) < 4.78 is 0. The standard InChI is InChI=1S/C12H20O2.C10H20/c13-10-12(11-14)8-6-4-2-1-3-5-7-9-12;1-2-4-6-8-10-9-7-5-3-1/h10-11H,1-9H2;1-10H2. The zero-order chi connectivity index (χ0) is 17.3. The summed E-state index contributed by atoms with van der Waals surface area (Å²) in [5, 5.41) is 0. The Labute approximate surface area is 150 Å². The molecular weight excluding hydrogens is 296 g/mol. The first-order valence-electron chi connectivity index (χ1n) is 10.8. The number of carbonyl (C=O) groups excluding carboxylic acids is 2. The van der Waals surface area contributed by atoms with Crippen LogP contribution in [0.4, 0.5) is 0 Å². The fraction of sp³-hybridized carbons (Fsp3) is 0.909. The van der Waals surface area contributed by atoms with Gasteiger partial charge in [-0.15, -0.1) is 0 Å². The van der Waals surface area contributed by atoms with Crippen molar-refractivity contribution in [1.82, 2.24) is 0 Å². The van der Waals surface area contributed by atoms with Gasteiger partial charge in [-0.1, -0.05) is 109 Å². The molecule has 24 heavy (non-hydrogen) atoms. The average molecular weight is 337 g/mol. The van der Waals surface area contributed by atoms with Crippen LogP contribution in [0.25, 0.3) is 0 Å². The first kappa shape index (κ1) is 21.4. The molecule has 0 atom stereocenters. The van der Waals surface area contributed by atoms with Gasteiger partial charge in [-0.3, -0.25) is 0 Å². The Morgan fingerprint density at radius 2 is 0.583 bits per heavy atom. The van der Waals surface area contributed by atoms with Crippen molar-refractivity contribution >= 4 is 12.6 Å². The number of carbonyl (C=O) groups is 2. The summed E-state index contributed by atoms with van der Waals surface area (Å²) >= 11 is 0. The minimum absolute atomic E-state index is 0.642. The molecule has 2 nitrogen and oxygen atoms in total. The van der Waals surface area contributed by atoms with E-state index in [0.717, 1.165) is 38.3 Å². The molecule has 2 saturated carbocycles. The number of hydrogen-bond donors (Lipinski definition) is 0. The van der Waals surface area contributed by atoms with Gasteiger partial charge in [0.2, 0.25) is 0 Å². The number of aldehydes is 2. The molecule has 0 aromatic carbocycles. The highest BCUT2D eigenvalue weighted by Gasteiger charge is 2.28. The molecule has 0 spiro atoms. The van der Waals surface area contributed by atoms with E-state index in [1.807, 2.05) is 0 Å². The van der Waals surface area contributed by atoms with Crippen LogP contribution in [0.5, 0.6) is 0 Å². The fourth-order valence-corrected chi connectivity index (χ4v) is 3.95. The monoisotopic (exact) mass is 336 g/mol. The van der Waals surface area contributed by atoms with Crippen LogP contribution in [0.1, 0.15) is 122 Å². The average Bonchev–Trinajstić information content (AvgIpc) is 2.65. The van der Waals surface area contributed by atoms with Crippen molar-refractivity contribution in [3.63, 3.8) is 0 Å². The molecule has 0 N–H and O–H groups in total. The van der Waals surface area contributed by atoms with E-state index in [1.165, 1.54) is 96.3 Å². The second kappa shape index (κ2) is 14.7. The molecule has 0 aliphatic heterocycles. The Bertz CT molecular complexity index is 258. The lowest BCUT2D eigenvalue weighted by molar-refractivity contribution is -0.127. The zero-order valence-electron chi connectivity index (χ0n) is 15.9. The molecule has 2 aliphatic carbocycles. The summed E-state index contributed by atoms with van der Waals surface area (Å²) in [6, 6.07) is 0. The van der Waals surface area contributed by atoms with E-state index in [2.05, 4.69) is 0 Å². The van der Waals surface area contributed by atoms with Crippen molar-refractivity contribution in [3.05, 3.63) is 0 Å². The van der Waals surface area contributed by atoms with Crippen LogP contribution in [0.15, 0.2) is 0 Å². The molecule has 0 amide bonds. The van der Waals surface area contributed by atoms with Gasteiger partial charge in [-0.05, 0) is 12.8 Å². The molecule has 2 rings (SSSR count). The first-order chi connectivity index (χ1) is 11.8. The van der Waals surface area contributed by atoms with Crippen molar-refractivity contribution in [2.45, 2.75) is 122 Å². The Hall–Kier alpha value is -0.660. The van der Waals surface area contributed by atoms with Gasteiger partial charge in [0.25, 0.3) is 0 Å². The van der Waals surface area contributed by atoms with Crippen molar-refractivity contribution in [2.75, 3.05) is 0 Å². The van der Waals surface area contributed by atoms with Gasteiger partial charge < -0.3 is 9.59 Å². The number of hydrogen-bond acceptors (Lipinski definition) is 2. The van der Waals surface area contributed by atoms with E-state index in [9.17, 15) is 9.59 Å². The Morgan fingerprint density at radius 3 is 0.792 bits per heavy atom. The van der Waals surface area contributed by atoms with E-state index in [-0.39, 0.29) is 0 Å². The van der Waals surface area contributed by atoms with E-state index in [1.54, 1.807) is 0 Å². The summed E-state index contributed by atoms with van der Waals surface area (Å²) in [6.45, 7) is 0. The van der Waals surface area contributed by atoms with Gasteiger partial charge in [-0.25, -0.2) is 0 Å². The summed E-state index contributed by atoms with van der Waals surface area (Å²) in [7, 11) is 0. The highest BCUT2D eigenvalue weighted by Crippen LogP contribution is 2.29. The van der Waals surface area contributed by atoms with Crippen LogP contribution in [0.3, 0.4) is 0 Å². The van der Waals surface area contributed by atoms with Gasteiger partial charge in [0, 0.05) is 0 Å². The maximum absolute atomic E-state index is 10.9. The molecule has 0 bridgehead atoms. The van der Waals surface area contributed by atoms with Crippen LogP contribution in [-0.4, -0.2) is 12.6 Å². The Kier molecular flexibility index (Phi) is 13.1. The number of rotatable bonds is 2. The van der Waals surface area contributed by atoms with Gasteiger partial charge in [-0.2, -0.15) is 0 Å². The first-order valence-corrected chi connectivity index (χ1v) is 10.8. The Morgan fingerprint density at radius 1 is 0.375 bits per heavy atom. The molecule has 0 aromatic heterocycles. The molecule has 0 unspecified atom stereocenters. The third kappa shape index (κ3) is 10.3. The fourth-order valence-electron chi connectivity index (χ4n) is 3.95. The molecule has 140 valence electrons. The second-order valence-corrected chi connectivity index (χ2v) is 7.98. The van der Waals surface area contributed by atoms with E-state index in [4.69, 9.17) is 0 Å². The van der Waals surface area contributed by atoms with E-state index < -0.39 is 5.41 Å². The van der Waals surface area contributed by atoms with Crippen LogP contribution in [0, 0.1) is 5.41 Å². The quantitative estimate of drug-likeness (QED) is 0.410. The van der Waals surface area contributed by atoms with Gasteiger partial charge in [0.05, 0.1) is 5.41 Å². The second-order valence-electron chi connectivity index (χ2n) is 7.98. The summed E-state index contributed by atoms with van der Waals surface area (Å²) in [6.07, 6.45) is 26.5. The third-order valence-corrected chi connectivity index (χ3v) is 5.75. The van der Waals surface area contributed by atoms with Crippen molar-refractivity contribution in [3.8, 4) is 0 Å². The molecule has 0 aromatic rings. The lowest BCUT2D eigenvalue weighted by Crippen LogP contribution is -2.24. The van der Waals surface area contributed by atoms with Crippen LogP contribution >= 0.6 is 0 Å². The molecule has 2 aliphatic rings. The van der Waals surface area contributed by atoms with Gasteiger partial charge in [0.15, 0.2) is 0 Å². The van der Waals surface area contributed by atoms with Gasteiger partial charge >= 0.3 is 0 Å². The molecule has 0 saturated heterocycles. The molecule has 0 radical (unpaired) electrons. The minimum atomic E-state index is -0.642.